The van der Waals surface area contributed by atoms with Crippen LogP contribution >= 0.6 is 0 Å². The predicted molar refractivity (Wildman–Crippen MR) is 183 cm³/mol. The fourth-order valence-electron chi connectivity index (χ4n) is 5.73. The number of rotatable bonds is 11. The number of nitrogens with one attached hydrogen (secondary N) is 2. The minimum absolute atomic E-state index is 0.0217. The van der Waals surface area contributed by atoms with E-state index in [0.717, 1.165) is 35.9 Å². The number of fused-ring (bicyclic) bond motifs is 1. The van der Waals surface area contributed by atoms with Crippen molar-refractivity contribution in [3.05, 3.63) is 113 Å². The summed E-state index contributed by atoms with van der Waals surface area (Å²) in [6.07, 6.45) is 4.94. The molecule has 0 atom stereocenters. The molecular weight excluding hydrogens is 629 g/mol. The molecule has 3 heterocycles. The monoisotopic (exact) mass is 665 g/mol. The summed E-state index contributed by atoms with van der Waals surface area (Å²) in [7, 11) is 3.23. The molecular formula is C37H36FN5O6. The Morgan fingerprint density at radius 2 is 1.73 bits per heavy atom. The summed E-state index contributed by atoms with van der Waals surface area (Å²) in [6.45, 7) is 2.63. The first-order chi connectivity index (χ1) is 23.8. The molecule has 2 amide bonds. The molecule has 0 bridgehead atoms. The van der Waals surface area contributed by atoms with Gasteiger partial charge in [-0.1, -0.05) is 12.1 Å². The lowest BCUT2D eigenvalue weighted by molar-refractivity contribution is -0.122. The maximum Gasteiger partial charge on any atom is 0.268 e. The van der Waals surface area contributed by atoms with Gasteiger partial charge in [0.25, 0.3) is 11.5 Å². The Labute approximate surface area is 282 Å². The number of carbonyl (C=O) groups excluding carboxylic acids is 2. The van der Waals surface area contributed by atoms with E-state index in [4.69, 9.17) is 14.2 Å². The van der Waals surface area contributed by atoms with Crippen LogP contribution in [0.3, 0.4) is 0 Å². The number of halogens is 1. The smallest absolute Gasteiger partial charge is 0.268 e. The molecule has 6 rings (SSSR count). The maximum atomic E-state index is 14.3. The van der Waals surface area contributed by atoms with E-state index in [1.54, 1.807) is 56.8 Å². The number of pyridine rings is 2. The lowest BCUT2D eigenvalue weighted by atomic mass is 9.98. The van der Waals surface area contributed by atoms with Gasteiger partial charge in [0.15, 0.2) is 11.5 Å². The topological polar surface area (TPSA) is 124 Å². The average molecular weight is 666 g/mol. The number of hydrogen-bond donors (Lipinski definition) is 2. The second kappa shape index (κ2) is 15.0. The second-order valence-corrected chi connectivity index (χ2v) is 11.7. The third-order valence-electron chi connectivity index (χ3n) is 8.46. The molecule has 252 valence electrons. The van der Waals surface area contributed by atoms with Crippen molar-refractivity contribution in [2.75, 3.05) is 45.7 Å². The van der Waals surface area contributed by atoms with Gasteiger partial charge in [0.1, 0.15) is 22.9 Å². The van der Waals surface area contributed by atoms with Gasteiger partial charge in [-0.3, -0.25) is 28.8 Å². The highest BCUT2D eigenvalue weighted by molar-refractivity contribution is 6.04. The van der Waals surface area contributed by atoms with Crippen LogP contribution in [0.15, 0.2) is 96.1 Å². The van der Waals surface area contributed by atoms with E-state index in [0.29, 0.717) is 53.3 Å². The van der Waals surface area contributed by atoms with Gasteiger partial charge >= 0.3 is 0 Å². The Hall–Kier alpha value is -5.75. The lowest BCUT2D eigenvalue weighted by Gasteiger charge is -2.31. The summed E-state index contributed by atoms with van der Waals surface area (Å²) in [5, 5.41) is 6.12. The third-order valence-corrected chi connectivity index (χ3v) is 8.46. The van der Waals surface area contributed by atoms with E-state index >= 15 is 0 Å². The molecule has 1 aliphatic rings. The molecule has 1 aliphatic heterocycles. The molecule has 0 unspecified atom stereocenters. The lowest BCUT2D eigenvalue weighted by Crippen LogP contribution is -2.41. The van der Waals surface area contributed by atoms with Crippen molar-refractivity contribution in [2.24, 2.45) is 5.92 Å². The summed E-state index contributed by atoms with van der Waals surface area (Å²) < 4.78 is 33.5. The Bertz CT molecular complexity index is 2030. The van der Waals surface area contributed by atoms with E-state index in [1.807, 2.05) is 12.1 Å². The van der Waals surface area contributed by atoms with Crippen LogP contribution in [0.25, 0.3) is 16.6 Å². The Morgan fingerprint density at radius 1 is 0.959 bits per heavy atom. The summed E-state index contributed by atoms with van der Waals surface area (Å²) in [5.74, 6) is 1.39. The van der Waals surface area contributed by atoms with Crippen LogP contribution in [0.2, 0.25) is 0 Å². The van der Waals surface area contributed by atoms with Crippen LogP contribution in [0.4, 0.5) is 10.1 Å². The third kappa shape index (κ3) is 7.71. The number of hydrogen-bond acceptors (Lipinski definition) is 8. The van der Waals surface area contributed by atoms with Crippen LogP contribution in [-0.4, -0.2) is 66.7 Å². The van der Waals surface area contributed by atoms with E-state index < -0.39 is 17.3 Å². The zero-order valence-corrected chi connectivity index (χ0v) is 27.1. The maximum absolute atomic E-state index is 14.3. The number of nitrogens with zero attached hydrogens (tertiary/aromatic N) is 3. The zero-order valence-electron chi connectivity index (χ0n) is 27.1. The number of methoxy groups -OCH3 is 1. The first kappa shape index (κ1) is 33.2. The van der Waals surface area contributed by atoms with Crippen LogP contribution in [-0.2, 0) is 4.79 Å². The standard InChI is InChI=1S/C37H36FN5O6/c1-39-35(44)22-42-18-14-24(15-19-42)23-48-34-21-30-28(20-33(34)47-2)32(13-16-40-30)49-26-11-9-25(10-12-26)41-36(45)27-6-5-17-43(37(27)46)31-8-4-3-7-29(31)38/h3-13,16-17,20-21,24H,14-15,18-19,22-23H2,1-2H3,(H,39,44)(H,41,45). The van der Waals surface area contributed by atoms with Crippen molar-refractivity contribution in [3.8, 4) is 28.7 Å². The Kier molecular flexibility index (Phi) is 10.1. The SMILES string of the molecule is CNC(=O)CN1CCC(COc2cc3nccc(Oc4ccc(NC(=O)c5cccn(-c6ccccc6F)c5=O)cc4)c3cc2OC)CC1. The van der Waals surface area contributed by atoms with Crippen molar-refractivity contribution >= 4 is 28.4 Å². The van der Waals surface area contributed by atoms with Crippen molar-refractivity contribution in [3.63, 3.8) is 0 Å². The molecule has 3 aromatic carbocycles. The highest BCUT2D eigenvalue weighted by atomic mass is 19.1. The minimum atomic E-state index is -0.640. The van der Waals surface area contributed by atoms with Crippen LogP contribution < -0.4 is 30.4 Å². The summed E-state index contributed by atoms with van der Waals surface area (Å²) in [6, 6.07) is 20.9. The summed E-state index contributed by atoms with van der Waals surface area (Å²) >= 11 is 0. The number of anilines is 1. The molecule has 0 aliphatic carbocycles. The highest BCUT2D eigenvalue weighted by Gasteiger charge is 2.22. The van der Waals surface area contributed by atoms with Crippen molar-refractivity contribution < 1.29 is 28.2 Å². The normalized spacial score (nSPS) is 13.5. The number of likely N-dealkylation sites (N-methyl/N-ethyl adjacent to an activating group) is 1. The van der Waals surface area contributed by atoms with Gasteiger partial charge in [-0.05, 0) is 92.5 Å². The van der Waals surface area contributed by atoms with Crippen molar-refractivity contribution in [1.29, 1.82) is 0 Å². The average Bonchev–Trinajstić information content (AvgIpc) is 3.12. The molecule has 0 radical (unpaired) electrons. The number of benzene rings is 3. The number of aromatic nitrogens is 2. The molecule has 1 saturated heterocycles. The van der Waals surface area contributed by atoms with Gasteiger partial charge in [-0.15, -0.1) is 0 Å². The van der Waals surface area contributed by atoms with Gasteiger partial charge < -0.3 is 24.8 Å². The summed E-state index contributed by atoms with van der Waals surface area (Å²) in [4.78, 5) is 44.4. The van der Waals surface area contributed by atoms with Crippen LogP contribution in [0.1, 0.15) is 23.2 Å². The largest absolute Gasteiger partial charge is 0.493 e. The van der Waals surface area contributed by atoms with Crippen LogP contribution in [0.5, 0.6) is 23.0 Å². The number of para-hydroxylation sites is 1. The van der Waals surface area contributed by atoms with E-state index in [1.165, 1.54) is 36.5 Å². The van der Waals surface area contributed by atoms with Gasteiger partial charge in [-0.25, -0.2) is 4.39 Å². The molecule has 11 nitrogen and oxygen atoms in total. The first-order valence-corrected chi connectivity index (χ1v) is 15.9. The molecule has 0 spiro atoms. The highest BCUT2D eigenvalue weighted by Crippen LogP contribution is 2.37. The quantitative estimate of drug-likeness (QED) is 0.192. The predicted octanol–water partition coefficient (Wildman–Crippen LogP) is 5.41. The molecule has 2 N–H and O–H groups in total. The van der Waals surface area contributed by atoms with E-state index in [9.17, 15) is 18.8 Å². The molecule has 1 fully saturated rings. The molecule has 49 heavy (non-hydrogen) atoms. The molecule has 2 aromatic heterocycles. The Morgan fingerprint density at radius 3 is 2.47 bits per heavy atom. The molecule has 0 saturated carbocycles. The molecule has 5 aromatic rings. The number of ether oxygens (including phenoxy) is 3. The summed E-state index contributed by atoms with van der Waals surface area (Å²) in [5.41, 5.74) is 0.397. The van der Waals surface area contributed by atoms with Crippen LogP contribution in [0, 0.1) is 11.7 Å². The fourth-order valence-corrected chi connectivity index (χ4v) is 5.73. The van der Waals surface area contributed by atoms with Crippen molar-refractivity contribution in [2.45, 2.75) is 12.8 Å². The second-order valence-electron chi connectivity index (χ2n) is 11.7. The number of carbonyl (C=O) groups is 2. The number of amides is 2. The number of piperidine rings is 1. The molecule has 12 heteroatoms. The van der Waals surface area contributed by atoms with Gasteiger partial charge in [-0.2, -0.15) is 0 Å². The van der Waals surface area contributed by atoms with Gasteiger partial charge in [0.2, 0.25) is 5.91 Å². The van der Waals surface area contributed by atoms with E-state index in [2.05, 4.69) is 20.5 Å². The first-order valence-electron chi connectivity index (χ1n) is 15.9. The Balaban J connectivity index is 1.11. The number of likely N-dealkylation sites (tertiary alicyclic amines) is 1. The van der Waals surface area contributed by atoms with E-state index in [-0.39, 0.29) is 17.2 Å². The van der Waals surface area contributed by atoms with Gasteiger partial charge in [0, 0.05) is 36.6 Å². The fraction of sp³-hybridized carbons (Fsp3) is 0.243. The van der Waals surface area contributed by atoms with Crippen molar-refractivity contribution in [1.82, 2.24) is 19.8 Å². The minimum Gasteiger partial charge on any atom is -0.493 e. The van der Waals surface area contributed by atoms with Gasteiger partial charge in [0.05, 0.1) is 31.5 Å². The zero-order chi connectivity index (χ0) is 34.3.